The lowest BCUT2D eigenvalue weighted by atomic mass is 10.1. The van der Waals surface area contributed by atoms with E-state index >= 15 is 0 Å². The summed E-state index contributed by atoms with van der Waals surface area (Å²) >= 11 is 5.30. The largest absolute Gasteiger partial charge is 0.391 e. The van der Waals surface area contributed by atoms with E-state index in [0.717, 1.165) is 12.0 Å². The van der Waals surface area contributed by atoms with Gasteiger partial charge in [0.25, 0.3) is 0 Å². The Morgan fingerprint density at radius 3 is 2.17 bits per heavy atom. The van der Waals surface area contributed by atoms with Crippen LogP contribution in [0.2, 0.25) is 0 Å². The molecule has 0 spiro atoms. The molecule has 2 N–H and O–H groups in total. The fourth-order valence-electron chi connectivity index (χ4n) is 3.03. The highest BCUT2D eigenvalue weighted by molar-refractivity contribution is 7.79. The van der Waals surface area contributed by atoms with E-state index < -0.39 is 12.2 Å². The second kappa shape index (κ2) is 12.9. The lowest BCUT2D eigenvalue weighted by molar-refractivity contribution is -0.0714. The predicted molar refractivity (Wildman–Crippen MR) is 126 cm³/mol. The Morgan fingerprint density at radius 1 is 0.967 bits per heavy atom. The summed E-state index contributed by atoms with van der Waals surface area (Å²) in [4.78, 5) is 2.52. The molecule has 4 rings (SSSR count). The third kappa shape index (κ3) is 7.85. The number of hydrogen-bond acceptors (Lipinski definition) is 5. The van der Waals surface area contributed by atoms with Crippen LogP contribution in [0.15, 0.2) is 60.7 Å². The molecule has 0 radical (unpaired) electrons. The number of aliphatic hydroxyl groups is 2. The third-order valence-electron chi connectivity index (χ3n) is 4.58. The van der Waals surface area contributed by atoms with Gasteiger partial charge in [-0.3, -0.25) is 0 Å². The van der Waals surface area contributed by atoms with Crippen LogP contribution in [0, 0.1) is 12.7 Å². The maximum atomic E-state index is 12.9. The van der Waals surface area contributed by atoms with Gasteiger partial charge < -0.3 is 14.9 Å². The van der Waals surface area contributed by atoms with Gasteiger partial charge in [0.1, 0.15) is 5.82 Å². The molecule has 2 unspecified atom stereocenters. The van der Waals surface area contributed by atoms with E-state index in [1.807, 2.05) is 12.1 Å². The van der Waals surface area contributed by atoms with Gasteiger partial charge in [-0.15, -0.1) is 11.3 Å². The van der Waals surface area contributed by atoms with Gasteiger partial charge >= 0.3 is 0 Å². The summed E-state index contributed by atoms with van der Waals surface area (Å²) in [6, 6.07) is 19.4. The third-order valence-corrected chi connectivity index (χ3v) is 5.72. The molecule has 1 aliphatic heterocycles. The minimum atomic E-state index is -0.459. The Labute approximate surface area is 187 Å². The molecule has 2 aromatic carbocycles. The first-order valence-electron chi connectivity index (χ1n) is 9.79. The molecule has 0 bridgehead atoms. The van der Waals surface area contributed by atoms with Crippen LogP contribution in [0.1, 0.15) is 22.4 Å². The van der Waals surface area contributed by atoms with Crippen molar-refractivity contribution in [2.24, 2.45) is 0 Å². The van der Waals surface area contributed by atoms with Gasteiger partial charge in [0.2, 0.25) is 0 Å². The number of rotatable bonds is 3. The minimum absolute atomic E-state index is 0.189. The summed E-state index contributed by atoms with van der Waals surface area (Å²) in [5, 5.41) is 17.6. The predicted octanol–water partition coefficient (Wildman–Crippen LogP) is 5.13. The molecular formula is C24H29FO3S2. The van der Waals surface area contributed by atoms with Crippen molar-refractivity contribution < 1.29 is 19.3 Å². The molecule has 1 fully saturated rings. The van der Waals surface area contributed by atoms with E-state index in [0.29, 0.717) is 19.6 Å². The van der Waals surface area contributed by atoms with Crippen molar-refractivity contribution in [2.45, 2.75) is 32.0 Å². The maximum Gasteiger partial charge on any atom is 0.123 e. The first kappa shape index (κ1) is 24.6. The number of hydrogen-bond donors (Lipinski definition) is 3. The fraction of sp³-hybridized carbons (Fsp3) is 0.333. The fourth-order valence-corrected chi connectivity index (χ4v) is 4.06. The summed E-state index contributed by atoms with van der Waals surface area (Å²) < 4.78 is 17.7. The molecule has 1 aliphatic rings. The van der Waals surface area contributed by atoms with E-state index in [-0.39, 0.29) is 5.82 Å². The molecule has 30 heavy (non-hydrogen) atoms. The first-order chi connectivity index (χ1) is 14.5. The van der Waals surface area contributed by atoms with Gasteiger partial charge in [0, 0.05) is 22.6 Å². The number of ether oxygens (including phenoxy) is 1. The topological polar surface area (TPSA) is 49.7 Å². The average molecular weight is 449 g/mol. The minimum Gasteiger partial charge on any atom is -0.391 e. The van der Waals surface area contributed by atoms with Crippen LogP contribution in [-0.4, -0.2) is 41.9 Å². The molecular weight excluding hydrogens is 419 g/mol. The maximum absolute atomic E-state index is 12.9. The van der Waals surface area contributed by atoms with Gasteiger partial charge in [-0.2, -0.15) is 12.6 Å². The van der Waals surface area contributed by atoms with E-state index in [4.69, 9.17) is 14.9 Å². The number of thiophene rings is 1. The number of aryl methyl sites for hydroxylation is 1. The van der Waals surface area contributed by atoms with Crippen LogP contribution < -0.4 is 0 Å². The van der Waals surface area contributed by atoms with Crippen molar-refractivity contribution in [2.75, 3.05) is 19.5 Å². The van der Waals surface area contributed by atoms with Crippen molar-refractivity contribution in [1.82, 2.24) is 0 Å². The molecule has 2 heterocycles. The molecule has 0 saturated carbocycles. The molecule has 3 nitrogen and oxygen atoms in total. The molecule has 0 aliphatic carbocycles. The Bertz CT molecular complexity index is 872. The van der Waals surface area contributed by atoms with Crippen molar-refractivity contribution in [1.29, 1.82) is 0 Å². The van der Waals surface area contributed by atoms with Gasteiger partial charge in [-0.1, -0.05) is 36.4 Å². The standard InChI is InChI=1S/C18H15FS.C5H10O3.CH4S/c1-13-4-2-3-5-15(13)12-17-10-11-18(20-17)14-6-8-16(19)9-7-14;6-4-1-5(7)3-8-2-4;1-2/h2-11H,12H2,1H3;4-7H,1-3H2;2H,1H3. The van der Waals surface area contributed by atoms with Gasteiger partial charge in [0.15, 0.2) is 0 Å². The molecule has 1 aromatic heterocycles. The van der Waals surface area contributed by atoms with Gasteiger partial charge in [-0.25, -0.2) is 4.39 Å². The Hall–Kier alpha value is -1.70. The van der Waals surface area contributed by atoms with Crippen molar-refractivity contribution in [3.05, 3.63) is 82.5 Å². The summed E-state index contributed by atoms with van der Waals surface area (Å²) in [7, 11) is 0. The zero-order valence-electron chi connectivity index (χ0n) is 17.3. The average Bonchev–Trinajstić information content (AvgIpc) is 3.21. The summed E-state index contributed by atoms with van der Waals surface area (Å²) in [6.45, 7) is 2.89. The van der Waals surface area contributed by atoms with Crippen molar-refractivity contribution >= 4 is 24.0 Å². The van der Waals surface area contributed by atoms with Crippen LogP contribution >= 0.6 is 24.0 Å². The second-order valence-electron chi connectivity index (χ2n) is 6.96. The Morgan fingerprint density at radius 2 is 1.60 bits per heavy atom. The molecule has 2 atom stereocenters. The smallest absolute Gasteiger partial charge is 0.123 e. The van der Waals surface area contributed by atoms with Crippen LogP contribution in [0.4, 0.5) is 4.39 Å². The van der Waals surface area contributed by atoms with E-state index in [2.05, 4.69) is 56.0 Å². The van der Waals surface area contributed by atoms with E-state index in [9.17, 15) is 4.39 Å². The first-order valence-corrected chi connectivity index (χ1v) is 11.5. The molecule has 3 aromatic rings. The molecule has 0 amide bonds. The molecule has 1 saturated heterocycles. The highest BCUT2D eigenvalue weighted by Crippen LogP contribution is 2.30. The zero-order valence-corrected chi connectivity index (χ0v) is 19.0. The highest BCUT2D eigenvalue weighted by atomic mass is 32.1. The van der Waals surface area contributed by atoms with Crippen molar-refractivity contribution in [3.8, 4) is 10.4 Å². The zero-order chi connectivity index (χ0) is 21.9. The van der Waals surface area contributed by atoms with Gasteiger partial charge in [0.05, 0.1) is 25.4 Å². The normalized spacial score (nSPS) is 17.9. The lowest BCUT2D eigenvalue weighted by Gasteiger charge is -2.21. The lowest BCUT2D eigenvalue weighted by Crippen LogP contribution is -2.32. The van der Waals surface area contributed by atoms with Crippen LogP contribution in [-0.2, 0) is 11.2 Å². The van der Waals surface area contributed by atoms with Crippen LogP contribution in [0.5, 0.6) is 0 Å². The van der Waals surface area contributed by atoms with E-state index in [1.54, 1.807) is 17.6 Å². The number of halogens is 1. The van der Waals surface area contributed by atoms with E-state index in [1.165, 1.54) is 33.0 Å². The number of benzene rings is 2. The summed E-state index contributed by atoms with van der Waals surface area (Å²) in [5.74, 6) is -0.189. The molecule has 6 heteroatoms. The Balaban J connectivity index is 0.000000269. The SMILES string of the molecule is CS.Cc1ccccc1Cc1ccc(-c2ccc(F)cc2)s1.OC1COCC(O)C1. The van der Waals surface area contributed by atoms with Crippen LogP contribution in [0.25, 0.3) is 10.4 Å². The summed E-state index contributed by atoms with van der Waals surface area (Å²) in [6.07, 6.45) is 2.19. The number of thiol groups is 1. The van der Waals surface area contributed by atoms with Crippen LogP contribution in [0.3, 0.4) is 0 Å². The Kier molecular flexibility index (Phi) is 10.5. The second-order valence-corrected chi connectivity index (χ2v) is 8.13. The quantitative estimate of drug-likeness (QED) is 0.487. The van der Waals surface area contributed by atoms with Gasteiger partial charge in [-0.05, 0) is 54.1 Å². The van der Waals surface area contributed by atoms with Crippen molar-refractivity contribution in [3.63, 3.8) is 0 Å². The monoisotopic (exact) mass is 448 g/mol. The molecule has 162 valence electrons. The number of aliphatic hydroxyl groups excluding tert-OH is 2. The highest BCUT2D eigenvalue weighted by Gasteiger charge is 2.17. The summed E-state index contributed by atoms with van der Waals surface area (Å²) in [5.41, 5.74) is 3.76.